The maximum atomic E-state index is 13.3. The molecule has 4 rings (SSSR count). The molecule has 1 aromatic heterocycles. The Morgan fingerprint density at radius 1 is 1.07 bits per heavy atom. The molecule has 2 aromatic rings. The largest absolute Gasteiger partial charge is 0.489 e. The molecule has 228 valence electrons. The van der Waals surface area contributed by atoms with Crippen LogP contribution in [0.3, 0.4) is 0 Å². The first-order chi connectivity index (χ1) is 19.9. The van der Waals surface area contributed by atoms with Gasteiger partial charge in [-0.15, -0.1) is 0 Å². The summed E-state index contributed by atoms with van der Waals surface area (Å²) >= 11 is 0. The number of benzene rings is 1. The number of hydrogen-bond donors (Lipinski definition) is 1. The van der Waals surface area contributed by atoms with E-state index in [4.69, 9.17) is 4.74 Å². The van der Waals surface area contributed by atoms with Crippen LogP contribution in [0.1, 0.15) is 81.5 Å². The van der Waals surface area contributed by atoms with Crippen molar-refractivity contribution in [3.05, 3.63) is 53.3 Å². The van der Waals surface area contributed by atoms with Gasteiger partial charge in [-0.05, 0) is 82.7 Å². The zero-order chi connectivity index (χ0) is 30.6. The molecular formula is C31H40F2N4O5. The van der Waals surface area contributed by atoms with Crippen LogP contribution < -0.4 is 14.8 Å². The molecular weight excluding hydrogens is 546 g/mol. The molecule has 42 heavy (non-hydrogen) atoms. The van der Waals surface area contributed by atoms with Gasteiger partial charge in [-0.3, -0.25) is 14.4 Å². The molecule has 1 saturated carbocycles. The number of carbonyl (C=O) groups is 3. The number of pyridine rings is 1. The van der Waals surface area contributed by atoms with E-state index in [9.17, 15) is 23.2 Å². The lowest BCUT2D eigenvalue weighted by Crippen LogP contribution is -2.45. The van der Waals surface area contributed by atoms with Crippen molar-refractivity contribution < 1.29 is 32.6 Å². The summed E-state index contributed by atoms with van der Waals surface area (Å²) in [6, 6.07) is 9.22. The van der Waals surface area contributed by atoms with Crippen molar-refractivity contribution in [2.75, 3.05) is 13.2 Å². The van der Waals surface area contributed by atoms with E-state index in [0.29, 0.717) is 36.9 Å². The summed E-state index contributed by atoms with van der Waals surface area (Å²) in [5.74, 6) is -0.350. The second-order valence-corrected chi connectivity index (χ2v) is 11.6. The van der Waals surface area contributed by atoms with Gasteiger partial charge in [0.1, 0.15) is 11.7 Å². The maximum Gasteiger partial charge on any atom is 0.387 e. The number of nitrogens with zero attached hydrogens (tertiary/aromatic N) is 3. The molecule has 0 spiro atoms. The van der Waals surface area contributed by atoms with Crippen LogP contribution in [0.5, 0.6) is 11.5 Å². The SMILES string of the molecule is CC(=O)N1CC(c2ccc(OC(F)F)c(OCC3CC3)c2)C[C@@H]1C(=O)NCc1cccc(C(=O)N(C(C)C)C(C)C)n1. The Morgan fingerprint density at radius 2 is 1.79 bits per heavy atom. The van der Waals surface area contributed by atoms with E-state index in [2.05, 4.69) is 15.0 Å². The molecule has 2 aliphatic rings. The monoisotopic (exact) mass is 586 g/mol. The van der Waals surface area contributed by atoms with Gasteiger partial charge in [0.2, 0.25) is 11.8 Å². The third kappa shape index (κ3) is 7.74. The number of alkyl halides is 2. The minimum Gasteiger partial charge on any atom is -0.489 e. The average Bonchev–Trinajstić information content (AvgIpc) is 3.65. The predicted molar refractivity (Wildman–Crippen MR) is 152 cm³/mol. The smallest absolute Gasteiger partial charge is 0.387 e. The average molecular weight is 587 g/mol. The molecule has 2 atom stereocenters. The van der Waals surface area contributed by atoms with Crippen molar-refractivity contribution in [2.45, 2.75) is 91.1 Å². The van der Waals surface area contributed by atoms with Crippen LogP contribution in [0.25, 0.3) is 0 Å². The third-order valence-electron chi connectivity index (χ3n) is 7.65. The van der Waals surface area contributed by atoms with Gasteiger partial charge in [0, 0.05) is 31.5 Å². The molecule has 1 aliphatic carbocycles. The topological polar surface area (TPSA) is 101 Å². The second-order valence-electron chi connectivity index (χ2n) is 11.6. The van der Waals surface area contributed by atoms with Crippen molar-refractivity contribution in [1.29, 1.82) is 0 Å². The quantitative estimate of drug-likeness (QED) is 0.385. The number of ether oxygens (including phenoxy) is 2. The molecule has 2 heterocycles. The summed E-state index contributed by atoms with van der Waals surface area (Å²) in [5, 5.41) is 2.87. The fraction of sp³-hybridized carbons (Fsp3) is 0.548. The zero-order valence-corrected chi connectivity index (χ0v) is 24.8. The van der Waals surface area contributed by atoms with E-state index in [-0.39, 0.29) is 53.8 Å². The highest BCUT2D eigenvalue weighted by atomic mass is 19.3. The summed E-state index contributed by atoms with van der Waals surface area (Å²) in [4.78, 5) is 46.6. The molecule has 1 aliphatic heterocycles. The lowest BCUT2D eigenvalue weighted by molar-refractivity contribution is -0.136. The zero-order valence-electron chi connectivity index (χ0n) is 24.8. The van der Waals surface area contributed by atoms with Gasteiger partial charge in [-0.2, -0.15) is 8.78 Å². The number of halogens is 2. The normalized spacial score (nSPS) is 18.5. The van der Waals surface area contributed by atoms with Gasteiger partial charge in [0.25, 0.3) is 5.91 Å². The highest BCUT2D eigenvalue weighted by Crippen LogP contribution is 2.39. The van der Waals surface area contributed by atoms with Gasteiger partial charge in [0.15, 0.2) is 11.5 Å². The Balaban J connectivity index is 1.45. The van der Waals surface area contributed by atoms with Crippen LogP contribution >= 0.6 is 0 Å². The lowest BCUT2D eigenvalue weighted by atomic mass is 9.95. The Bertz CT molecular complexity index is 1280. The number of hydrogen-bond acceptors (Lipinski definition) is 6. The van der Waals surface area contributed by atoms with Gasteiger partial charge in [-0.25, -0.2) is 4.98 Å². The summed E-state index contributed by atoms with van der Waals surface area (Å²) in [7, 11) is 0. The van der Waals surface area contributed by atoms with E-state index in [1.807, 2.05) is 27.7 Å². The van der Waals surface area contributed by atoms with E-state index < -0.39 is 12.7 Å². The molecule has 0 bridgehead atoms. The van der Waals surface area contributed by atoms with E-state index in [0.717, 1.165) is 18.4 Å². The van der Waals surface area contributed by atoms with E-state index >= 15 is 0 Å². The van der Waals surface area contributed by atoms with Gasteiger partial charge in [-0.1, -0.05) is 12.1 Å². The standard InChI is InChI=1S/C31H40F2N4O5/c1-18(2)37(19(3)4)30(40)25-8-6-7-24(35-25)15-34-29(39)26-13-23(16-36(26)20(5)38)22-11-12-27(42-31(32)33)28(14-22)41-17-21-9-10-21/h6-8,11-12,14,18-19,21,23,26,31H,9-10,13,15-17H2,1-5H3,(H,34,39)/t23?,26-/m1/s1. The maximum absolute atomic E-state index is 13.3. The van der Waals surface area contributed by atoms with Crippen molar-refractivity contribution in [3.63, 3.8) is 0 Å². The minimum absolute atomic E-state index is 0.00408. The summed E-state index contributed by atoms with van der Waals surface area (Å²) in [6.07, 6.45) is 2.44. The molecule has 11 heteroatoms. The van der Waals surface area contributed by atoms with Gasteiger partial charge >= 0.3 is 6.61 Å². The summed E-state index contributed by atoms with van der Waals surface area (Å²) < 4.78 is 36.4. The molecule has 1 saturated heterocycles. The molecule has 2 fully saturated rings. The van der Waals surface area contributed by atoms with Gasteiger partial charge in [0.05, 0.1) is 18.8 Å². The Labute approximate surface area is 245 Å². The number of nitrogens with one attached hydrogen (secondary N) is 1. The summed E-state index contributed by atoms with van der Waals surface area (Å²) in [5.41, 5.74) is 1.60. The highest BCUT2D eigenvalue weighted by molar-refractivity contribution is 5.92. The van der Waals surface area contributed by atoms with Crippen molar-refractivity contribution in [3.8, 4) is 11.5 Å². The number of likely N-dealkylation sites (tertiary alicyclic amines) is 1. The van der Waals surface area contributed by atoms with Crippen LogP contribution in [-0.2, 0) is 16.1 Å². The first kappa shape index (κ1) is 31.2. The number of carbonyl (C=O) groups excluding carboxylic acids is 3. The number of aromatic nitrogens is 1. The lowest BCUT2D eigenvalue weighted by Gasteiger charge is -2.30. The number of rotatable bonds is 12. The summed E-state index contributed by atoms with van der Waals surface area (Å²) in [6.45, 7) is 7.05. The Kier molecular flexibility index (Phi) is 10.0. The van der Waals surface area contributed by atoms with Crippen LogP contribution in [0, 0.1) is 5.92 Å². The fourth-order valence-corrected chi connectivity index (χ4v) is 5.44. The first-order valence-corrected chi connectivity index (χ1v) is 14.5. The van der Waals surface area contributed by atoms with E-state index in [1.54, 1.807) is 35.2 Å². The highest BCUT2D eigenvalue weighted by Gasteiger charge is 2.39. The van der Waals surface area contributed by atoms with Crippen LogP contribution in [0.4, 0.5) is 8.78 Å². The second kappa shape index (κ2) is 13.5. The molecule has 0 radical (unpaired) electrons. The number of amides is 3. The third-order valence-corrected chi connectivity index (χ3v) is 7.65. The predicted octanol–water partition coefficient (Wildman–Crippen LogP) is 4.75. The van der Waals surface area contributed by atoms with Crippen molar-refractivity contribution in [2.24, 2.45) is 5.92 Å². The van der Waals surface area contributed by atoms with Crippen molar-refractivity contribution in [1.82, 2.24) is 20.1 Å². The molecule has 1 aromatic carbocycles. The molecule has 9 nitrogen and oxygen atoms in total. The molecule has 1 N–H and O–H groups in total. The Morgan fingerprint density at radius 3 is 2.40 bits per heavy atom. The van der Waals surface area contributed by atoms with Crippen LogP contribution in [0.2, 0.25) is 0 Å². The minimum atomic E-state index is -2.98. The first-order valence-electron chi connectivity index (χ1n) is 14.5. The van der Waals surface area contributed by atoms with E-state index in [1.165, 1.54) is 17.9 Å². The van der Waals surface area contributed by atoms with Crippen LogP contribution in [0.15, 0.2) is 36.4 Å². The van der Waals surface area contributed by atoms with Crippen molar-refractivity contribution >= 4 is 17.7 Å². The Hall–Kier alpha value is -3.76. The van der Waals surface area contributed by atoms with Crippen LogP contribution in [-0.4, -0.2) is 70.4 Å². The molecule has 3 amide bonds. The molecule has 1 unspecified atom stereocenters. The fourth-order valence-electron chi connectivity index (χ4n) is 5.44. The van der Waals surface area contributed by atoms with Gasteiger partial charge < -0.3 is 24.6 Å².